The zero-order valence-electron chi connectivity index (χ0n) is 36.9. The van der Waals surface area contributed by atoms with Gasteiger partial charge in [-0.25, -0.2) is 0 Å². The molecule has 0 aromatic heterocycles. The van der Waals surface area contributed by atoms with E-state index in [1.807, 2.05) is 36.4 Å². The summed E-state index contributed by atoms with van der Waals surface area (Å²) in [6.45, 7) is 6.10. The second-order valence-electron chi connectivity index (χ2n) is 18.5. The van der Waals surface area contributed by atoms with Gasteiger partial charge < -0.3 is 29.1 Å². The number of likely N-dealkylation sites (tertiary alicyclic amines) is 2. The third-order valence-electron chi connectivity index (χ3n) is 14.3. The number of ether oxygens (including phenoxy) is 3. The standard InChI is InChI=1S/C26H31ClF3NO2.C25H29ClF3NO2/c1-32-24(25(13-3-14-25)20-5-9-22(27)10-6-20)17-31-15-2-4-19(16-31)18-33-23-11-7-21(8-12-23)26(28,29)30;26-21-8-4-19(5-9-21)24(12-2-13-24)23(31)16-30-14-1-3-18(15-30)17-32-22-10-6-20(7-11-22)25(27,28)29/h5-12,19,24H,2-4,13-18H2,1H3;4-11,18,23,31H,1-3,12-17H2/t19-,24+;18-,23+/m00/s1. The van der Waals surface area contributed by atoms with Crippen LogP contribution in [0.25, 0.3) is 0 Å². The average Bonchev–Trinajstić information content (AvgIpc) is 3.25. The molecule has 4 aromatic carbocycles. The number of benzene rings is 4. The molecule has 4 atom stereocenters. The van der Waals surface area contributed by atoms with E-state index in [2.05, 4.69) is 21.9 Å². The van der Waals surface area contributed by atoms with Gasteiger partial charge in [-0.1, -0.05) is 60.3 Å². The zero-order valence-corrected chi connectivity index (χ0v) is 38.4. The Morgan fingerprint density at radius 3 is 1.35 bits per heavy atom. The molecule has 6 nitrogen and oxygen atoms in total. The monoisotopic (exact) mass is 948 g/mol. The predicted molar refractivity (Wildman–Crippen MR) is 243 cm³/mol. The molecule has 0 bridgehead atoms. The predicted octanol–water partition coefficient (Wildman–Crippen LogP) is 12.5. The number of hydrogen-bond acceptors (Lipinski definition) is 6. The summed E-state index contributed by atoms with van der Waals surface area (Å²) >= 11 is 12.2. The molecule has 14 heteroatoms. The highest BCUT2D eigenvalue weighted by atomic mass is 35.5. The molecule has 0 radical (unpaired) electrons. The lowest BCUT2D eigenvalue weighted by atomic mass is 9.61. The van der Waals surface area contributed by atoms with E-state index >= 15 is 0 Å². The van der Waals surface area contributed by atoms with Crippen molar-refractivity contribution < 1.29 is 45.7 Å². The molecular weight excluding hydrogens is 889 g/mol. The van der Waals surface area contributed by atoms with Crippen LogP contribution in [0.4, 0.5) is 26.3 Å². The molecule has 1 N–H and O–H groups in total. The van der Waals surface area contributed by atoms with Crippen molar-refractivity contribution in [2.75, 3.05) is 59.6 Å². The normalized spacial score (nSPS) is 22.1. The van der Waals surface area contributed by atoms with Crippen molar-refractivity contribution in [3.63, 3.8) is 0 Å². The van der Waals surface area contributed by atoms with Crippen LogP contribution < -0.4 is 9.47 Å². The minimum atomic E-state index is -4.34. The molecule has 4 aromatic rings. The number of hydrogen-bond donors (Lipinski definition) is 1. The smallest absolute Gasteiger partial charge is 0.416 e. The Hall–Kier alpha value is -3.52. The van der Waals surface area contributed by atoms with Gasteiger partial charge in [-0.05, 0) is 148 Å². The molecule has 2 aliphatic carbocycles. The molecule has 2 heterocycles. The lowest BCUT2D eigenvalue weighted by Gasteiger charge is -2.49. The van der Waals surface area contributed by atoms with Gasteiger partial charge >= 0.3 is 12.4 Å². The number of rotatable bonds is 15. The fourth-order valence-corrected chi connectivity index (χ4v) is 10.5. The minimum absolute atomic E-state index is 0.0308. The van der Waals surface area contributed by atoms with E-state index in [-0.39, 0.29) is 22.9 Å². The average molecular weight is 950 g/mol. The molecule has 4 aliphatic rings. The van der Waals surface area contributed by atoms with E-state index in [1.54, 1.807) is 7.11 Å². The van der Waals surface area contributed by atoms with E-state index in [1.165, 1.54) is 36.2 Å². The van der Waals surface area contributed by atoms with Crippen molar-refractivity contribution in [1.29, 1.82) is 0 Å². The van der Waals surface area contributed by atoms with E-state index in [9.17, 15) is 31.4 Å². The van der Waals surface area contributed by atoms with Crippen LogP contribution in [0.2, 0.25) is 10.0 Å². The summed E-state index contributed by atoms with van der Waals surface area (Å²) in [4.78, 5) is 4.75. The number of nitrogens with zero attached hydrogens (tertiary/aromatic N) is 2. The van der Waals surface area contributed by atoms with Gasteiger partial charge in [-0.2, -0.15) is 26.3 Å². The van der Waals surface area contributed by atoms with Gasteiger partial charge in [0.2, 0.25) is 0 Å². The maximum absolute atomic E-state index is 12.7. The van der Waals surface area contributed by atoms with Crippen molar-refractivity contribution >= 4 is 23.2 Å². The summed E-state index contributed by atoms with van der Waals surface area (Å²) < 4.78 is 94.0. The maximum Gasteiger partial charge on any atom is 0.416 e. The number of aliphatic hydroxyl groups excluding tert-OH is 1. The van der Waals surface area contributed by atoms with Crippen LogP contribution in [0, 0.1) is 11.8 Å². The molecule has 0 unspecified atom stereocenters. The van der Waals surface area contributed by atoms with Crippen molar-refractivity contribution in [2.24, 2.45) is 11.8 Å². The Labute approximate surface area is 389 Å². The summed E-state index contributed by atoms with van der Waals surface area (Å²) in [6, 6.07) is 25.8. The Bertz CT molecular complexity index is 2080. The highest BCUT2D eigenvalue weighted by Gasteiger charge is 2.47. The lowest BCUT2D eigenvalue weighted by molar-refractivity contribution is -0.138. The largest absolute Gasteiger partial charge is 0.493 e. The number of β-amino-alcohol motifs (C(OH)–C–C–N with tert-alkyl or cyclic N) is 1. The zero-order chi connectivity index (χ0) is 46.2. The Morgan fingerprint density at radius 1 is 0.585 bits per heavy atom. The van der Waals surface area contributed by atoms with Crippen LogP contribution in [-0.4, -0.2) is 86.7 Å². The SMILES string of the molecule is CO[C@H](CN1CCC[C@H](COc2ccc(C(F)(F)F)cc2)C1)C1(c2ccc(Cl)cc2)CCC1.O[C@H](CN1CCC[C@H](COc2ccc(C(F)(F)F)cc2)C1)C1(c2ccc(Cl)cc2)CCC1. The molecule has 354 valence electrons. The number of aliphatic hydroxyl groups is 1. The molecule has 65 heavy (non-hydrogen) atoms. The topological polar surface area (TPSA) is 54.4 Å². The molecule has 4 fully saturated rings. The Balaban J connectivity index is 0.000000194. The third-order valence-corrected chi connectivity index (χ3v) is 14.8. The van der Waals surface area contributed by atoms with Crippen molar-refractivity contribution in [2.45, 2.75) is 99.6 Å². The van der Waals surface area contributed by atoms with Gasteiger partial charge in [0, 0.05) is 66.0 Å². The van der Waals surface area contributed by atoms with Crippen molar-refractivity contribution in [3.8, 4) is 11.5 Å². The molecule has 0 amide bonds. The molecule has 2 saturated carbocycles. The van der Waals surface area contributed by atoms with Crippen molar-refractivity contribution in [1.82, 2.24) is 9.80 Å². The first kappa shape index (κ1) is 49.4. The number of piperidine rings is 2. The quantitative estimate of drug-likeness (QED) is 0.120. The van der Waals surface area contributed by atoms with Gasteiger partial charge in [-0.3, -0.25) is 0 Å². The van der Waals surface area contributed by atoms with Gasteiger partial charge in [0.15, 0.2) is 0 Å². The first-order chi connectivity index (χ1) is 31.1. The fraction of sp³-hybridized carbons (Fsp3) is 0.529. The maximum atomic E-state index is 12.7. The second kappa shape index (κ2) is 21.6. The van der Waals surface area contributed by atoms with E-state index in [0.29, 0.717) is 42.2 Å². The van der Waals surface area contributed by atoms with Gasteiger partial charge in [0.25, 0.3) is 0 Å². The first-order valence-corrected chi connectivity index (χ1v) is 23.6. The molecular formula is C51H60Cl2F6N2O4. The van der Waals surface area contributed by atoms with Gasteiger partial charge in [0.1, 0.15) is 11.5 Å². The highest BCUT2D eigenvalue weighted by Crippen LogP contribution is 2.49. The first-order valence-electron chi connectivity index (χ1n) is 22.8. The van der Waals surface area contributed by atoms with E-state index in [4.69, 9.17) is 37.4 Å². The van der Waals surface area contributed by atoms with Crippen molar-refractivity contribution in [3.05, 3.63) is 129 Å². The molecule has 8 rings (SSSR count). The van der Waals surface area contributed by atoms with Crippen LogP contribution in [-0.2, 0) is 27.9 Å². The number of methoxy groups -OCH3 is 1. The lowest BCUT2D eigenvalue weighted by Crippen LogP contribution is -2.53. The highest BCUT2D eigenvalue weighted by molar-refractivity contribution is 6.30. The minimum Gasteiger partial charge on any atom is -0.493 e. The summed E-state index contributed by atoms with van der Waals surface area (Å²) in [7, 11) is 1.80. The number of halogens is 8. The van der Waals surface area contributed by atoms with Crippen LogP contribution in [0.1, 0.15) is 86.5 Å². The van der Waals surface area contributed by atoms with E-state index < -0.39 is 29.6 Å². The Morgan fingerprint density at radius 2 is 0.985 bits per heavy atom. The second-order valence-corrected chi connectivity index (χ2v) is 19.3. The summed E-state index contributed by atoms with van der Waals surface area (Å²) in [5.41, 5.74) is 0.948. The van der Waals surface area contributed by atoms with Gasteiger partial charge in [0.05, 0.1) is 36.5 Å². The van der Waals surface area contributed by atoms with Gasteiger partial charge in [-0.15, -0.1) is 0 Å². The van der Waals surface area contributed by atoms with Crippen LogP contribution in [0.3, 0.4) is 0 Å². The van der Waals surface area contributed by atoms with Crippen LogP contribution in [0.15, 0.2) is 97.1 Å². The van der Waals surface area contributed by atoms with Crippen LogP contribution >= 0.6 is 23.2 Å². The Kier molecular flexibility index (Phi) is 16.4. The third kappa shape index (κ3) is 12.5. The number of alkyl halides is 6. The molecule has 0 spiro atoms. The molecule has 2 saturated heterocycles. The molecule has 2 aliphatic heterocycles. The summed E-state index contributed by atoms with van der Waals surface area (Å²) in [5, 5.41) is 12.6. The van der Waals surface area contributed by atoms with E-state index in [0.717, 1.165) is 125 Å². The fourth-order valence-electron chi connectivity index (χ4n) is 10.2. The summed E-state index contributed by atoms with van der Waals surface area (Å²) in [5.74, 6) is 1.55. The van der Waals surface area contributed by atoms with Crippen LogP contribution in [0.5, 0.6) is 11.5 Å². The summed E-state index contributed by atoms with van der Waals surface area (Å²) in [6.07, 6.45) is 1.62.